The van der Waals surface area contributed by atoms with E-state index >= 15 is 0 Å². The largest absolute Gasteiger partial charge is 0.456 e. The van der Waals surface area contributed by atoms with Crippen LogP contribution in [0.1, 0.15) is 50.5 Å². The van der Waals surface area contributed by atoms with Gasteiger partial charge in [0, 0.05) is 6.54 Å². The van der Waals surface area contributed by atoms with Gasteiger partial charge in [-0.1, -0.05) is 29.8 Å². The van der Waals surface area contributed by atoms with Gasteiger partial charge >= 0.3 is 5.97 Å². The number of carbonyl (C=O) groups excluding carboxylic acids is 1. The van der Waals surface area contributed by atoms with Gasteiger partial charge in [-0.3, -0.25) is 0 Å². The number of ether oxygens (including phenoxy) is 3. The van der Waals surface area contributed by atoms with Gasteiger partial charge in [-0.2, -0.15) is 4.31 Å². The van der Waals surface area contributed by atoms with Crippen LogP contribution in [0.4, 0.5) is 0 Å². The quantitative estimate of drug-likeness (QED) is 0.326. The Morgan fingerprint density at radius 3 is 2.25 bits per heavy atom. The first-order valence-electron chi connectivity index (χ1n) is 10.1. The number of benzene rings is 1. The average Bonchev–Trinajstić information content (AvgIpc) is 3.23. The first-order valence-corrected chi connectivity index (χ1v) is 12.8. The zero-order valence-corrected chi connectivity index (χ0v) is 21.1. The number of thiophene rings is 1. The number of halogens is 1. The number of sulfonamides is 1. The van der Waals surface area contributed by atoms with Crippen LogP contribution >= 0.6 is 22.9 Å². The van der Waals surface area contributed by atoms with Crippen LogP contribution in [-0.2, 0) is 30.8 Å². The van der Waals surface area contributed by atoms with Gasteiger partial charge in [0.15, 0.2) is 10.8 Å². The number of hydrogen-bond donors (Lipinski definition) is 0. The van der Waals surface area contributed by atoms with Crippen molar-refractivity contribution in [2.45, 2.75) is 61.8 Å². The van der Waals surface area contributed by atoms with Crippen molar-refractivity contribution in [3.05, 3.63) is 52.9 Å². The molecule has 0 aliphatic carbocycles. The third kappa shape index (κ3) is 5.89. The molecule has 3 rings (SSSR count). The summed E-state index contributed by atoms with van der Waals surface area (Å²) in [5.74, 6) is -1.30. The Bertz CT molecular complexity index is 1030. The minimum Gasteiger partial charge on any atom is -0.456 e. The smallest absolute Gasteiger partial charge is 0.338 e. The predicted octanol–water partition coefficient (Wildman–Crippen LogP) is 4.61. The minimum atomic E-state index is -3.93. The lowest BCUT2D eigenvalue weighted by Crippen LogP contribution is -2.58. The Labute approximate surface area is 198 Å². The van der Waals surface area contributed by atoms with Gasteiger partial charge in [-0.05, 0) is 63.8 Å². The topological polar surface area (TPSA) is 82.1 Å². The molecule has 0 amide bonds. The van der Waals surface area contributed by atoms with Gasteiger partial charge in [0.2, 0.25) is 0 Å². The molecule has 1 aliphatic rings. The Balaban J connectivity index is 1.89. The number of esters is 1. The van der Waals surface area contributed by atoms with E-state index in [9.17, 15) is 13.2 Å². The molecule has 0 saturated carbocycles. The molecule has 1 aromatic carbocycles. The summed E-state index contributed by atoms with van der Waals surface area (Å²) >= 11 is 7.91. The Kier molecular flexibility index (Phi) is 7.10. The molecule has 1 fully saturated rings. The fraction of sp³-hybridized carbons (Fsp3) is 0.500. The summed E-state index contributed by atoms with van der Waals surface area (Å²) in [5.41, 5.74) is 0.423. The first-order chi connectivity index (χ1) is 14.7. The number of alkyl halides is 1. The molecule has 1 aliphatic heterocycles. The second kappa shape index (κ2) is 9.04. The third-order valence-corrected chi connectivity index (χ3v) is 8.49. The van der Waals surface area contributed by atoms with Crippen LogP contribution in [0, 0.1) is 0 Å². The van der Waals surface area contributed by atoms with E-state index in [2.05, 4.69) is 0 Å². The van der Waals surface area contributed by atoms with Gasteiger partial charge in [-0.25, -0.2) is 13.2 Å². The Morgan fingerprint density at radius 1 is 1.16 bits per heavy atom. The second-order valence-electron chi connectivity index (χ2n) is 9.04. The Hall–Kier alpha value is -1.49. The standard InChI is InChI=1S/C22H28ClNO6S2/c1-20(2,3)30-19(25)17-10-8-16(9-11-17)13-24(32(26,27)18-7-6-12-31-18)22(23)14-28-21(4,5)29-15-22/h6-12H,13-15H2,1-5H3. The number of nitrogens with zero attached hydrogens (tertiary/aromatic N) is 1. The molecule has 0 radical (unpaired) electrons. The molecule has 2 aromatic rings. The summed E-state index contributed by atoms with van der Waals surface area (Å²) in [5, 5.41) is 1.69. The fourth-order valence-electron chi connectivity index (χ4n) is 3.01. The van der Waals surface area contributed by atoms with E-state index in [4.69, 9.17) is 25.8 Å². The van der Waals surface area contributed by atoms with Gasteiger partial charge in [0.05, 0.1) is 18.8 Å². The van der Waals surface area contributed by atoms with Crippen molar-refractivity contribution in [1.29, 1.82) is 0 Å². The van der Waals surface area contributed by atoms with Gasteiger partial charge in [0.25, 0.3) is 10.0 Å². The van der Waals surface area contributed by atoms with E-state index < -0.39 is 32.4 Å². The van der Waals surface area contributed by atoms with Crippen molar-refractivity contribution in [1.82, 2.24) is 4.31 Å². The van der Waals surface area contributed by atoms with Crippen molar-refractivity contribution < 1.29 is 27.4 Å². The summed E-state index contributed by atoms with van der Waals surface area (Å²) < 4.78 is 45.1. The fourth-order valence-corrected chi connectivity index (χ4v) is 6.14. The summed E-state index contributed by atoms with van der Waals surface area (Å²) in [6.45, 7) is 8.77. The average molecular weight is 502 g/mol. The van der Waals surface area contributed by atoms with E-state index in [0.717, 1.165) is 11.3 Å². The van der Waals surface area contributed by atoms with Crippen LogP contribution < -0.4 is 0 Å². The second-order valence-corrected chi connectivity index (χ2v) is 12.8. The van der Waals surface area contributed by atoms with Crippen LogP contribution in [0.5, 0.6) is 0 Å². The van der Waals surface area contributed by atoms with Crippen molar-refractivity contribution in [3.8, 4) is 0 Å². The summed E-state index contributed by atoms with van der Waals surface area (Å²) in [6.07, 6.45) is 0. The van der Waals surface area contributed by atoms with Gasteiger partial charge < -0.3 is 14.2 Å². The highest BCUT2D eigenvalue weighted by atomic mass is 35.5. The third-order valence-electron chi connectivity index (χ3n) is 4.68. The van der Waals surface area contributed by atoms with E-state index in [1.54, 1.807) is 70.3 Å². The lowest BCUT2D eigenvalue weighted by Gasteiger charge is -2.44. The zero-order chi connectivity index (χ0) is 23.8. The maximum absolute atomic E-state index is 13.5. The monoisotopic (exact) mass is 501 g/mol. The Morgan fingerprint density at radius 2 is 1.75 bits per heavy atom. The lowest BCUT2D eigenvalue weighted by molar-refractivity contribution is -0.267. The van der Waals surface area contributed by atoms with Crippen LogP contribution in [0.15, 0.2) is 46.0 Å². The van der Waals surface area contributed by atoms with Crippen molar-refractivity contribution >= 4 is 38.9 Å². The number of rotatable bonds is 6. The minimum absolute atomic E-state index is 0.0223. The van der Waals surface area contributed by atoms with Gasteiger partial charge in [-0.15, -0.1) is 11.3 Å². The van der Waals surface area contributed by atoms with Crippen LogP contribution in [0.25, 0.3) is 0 Å². The molecule has 1 aromatic heterocycles. The lowest BCUT2D eigenvalue weighted by atomic mass is 10.1. The number of hydrogen-bond acceptors (Lipinski definition) is 7. The molecule has 32 heavy (non-hydrogen) atoms. The SMILES string of the molecule is CC(C)(C)OC(=O)c1ccc(CN(C2(Cl)COC(C)(C)OC2)S(=O)(=O)c2cccs2)cc1. The van der Waals surface area contributed by atoms with Crippen molar-refractivity contribution in [2.24, 2.45) is 0 Å². The maximum Gasteiger partial charge on any atom is 0.338 e. The number of carbonyl (C=O) groups is 1. The van der Waals surface area contributed by atoms with Crippen LogP contribution in [0.2, 0.25) is 0 Å². The van der Waals surface area contributed by atoms with E-state index in [-0.39, 0.29) is 24.0 Å². The summed E-state index contributed by atoms with van der Waals surface area (Å²) in [7, 11) is -3.93. The molecular formula is C22H28ClNO6S2. The normalized spacial score (nSPS) is 18.5. The highest BCUT2D eigenvalue weighted by Crippen LogP contribution is 2.37. The summed E-state index contributed by atoms with van der Waals surface area (Å²) in [6, 6.07) is 9.79. The molecule has 176 valence electrons. The van der Waals surface area contributed by atoms with Crippen molar-refractivity contribution in [2.75, 3.05) is 13.2 Å². The van der Waals surface area contributed by atoms with Gasteiger partial charge in [0.1, 0.15) is 9.81 Å². The molecule has 0 spiro atoms. The van der Waals surface area contributed by atoms with Crippen molar-refractivity contribution in [3.63, 3.8) is 0 Å². The maximum atomic E-state index is 13.5. The molecule has 0 bridgehead atoms. The van der Waals surface area contributed by atoms with E-state index in [0.29, 0.717) is 11.1 Å². The molecule has 0 unspecified atom stereocenters. The molecule has 10 heteroatoms. The molecule has 7 nitrogen and oxygen atoms in total. The van der Waals surface area contributed by atoms with Crippen LogP contribution in [0.3, 0.4) is 0 Å². The highest BCUT2D eigenvalue weighted by molar-refractivity contribution is 7.91. The predicted molar refractivity (Wildman–Crippen MR) is 123 cm³/mol. The summed E-state index contributed by atoms with van der Waals surface area (Å²) in [4.78, 5) is 10.9. The molecule has 0 atom stereocenters. The molecule has 2 heterocycles. The molecular weight excluding hydrogens is 474 g/mol. The van der Waals surface area contributed by atoms with E-state index in [1.165, 1.54) is 10.4 Å². The highest BCUT2D eigenvalue weighted by Gasteiger charge is 2.48. The van der Waals surface area contributed by atoms with E-state index in [1.807, 2.05) is 0 Å². The zero-order valence-electron chi connectivity index (χ0n) is 18.8. The molecule has 0 N–H and O–H groups in total. The van der Waals surface area contributed by atoms with Crippen LogP contribution in [-0.4, -0.2) is 48.3 Å². The first kappa shape index (κ1) is 25.1. The molecule has 1 saturated heterocycles.